The second kappa shape index (κ2) is 8.52. The van der Waals surface area contributed by atoms with E-state index < -0.39 is 0 Å². The molecule has 164 valence electrons. The van der Waals surface area contributed by atoms with Crippen molar-refractivity contribution >= 4 is 5.91 Å². The predicted molar refractivity (Wildman–Crippen MR) is 117 cm³/mol. The Kier molecular flexibility index (Phi) is 5.59. The van der Waals surface area contributed by atoms with Crippen LogP contribution in [-0.2, 0) is 16.1 Å². The Morgan fingerprint density at radius 1 is 1.10 bits per heavy atom. The fourth-order valence-electron chi connectivity index (χ4n) is 5.31. The Hall–Kier alpha value is -2.57. The Bertz CT molecular complexity index is 931. The van der Waals surface area contributed by atoms with Gasteiger partial charge in [-0.25, -0.2) is 0 Å². The topological polar surface area (TPSA) is 51.2 Å². The van der Waals surface area contributed by atoms with Gasteiger partial charge < -0.3 is 19.1 Å². The van der Waals surface area contributed by atoms with Crippen molar-refractivity contribution in [3.8, 4) is 11.5 Å². The molecule has 0 radical (unpaired) electrons. The minimum atomic E-state index is -0.0853. The zero-order valence-corrected chi connectivity index (χ0v) is 18.1. The molecule has 6 heteroatoms. The molecule has 2 saturated heterocycles. The molecule has 3 aliphatic rings. The summed E-state index contributed by atoms with van der Waals surface area (Å²) in [6.07, 6.45) is 3.15. The van der Waals surface area contributed by atoms with Crippen molar-refractivity contribution in [2.75, 3.05) is 40.0 Å². The van der Waals surface area contributed by atoms with Gasteiger partial charge in [0.1, 0.15) is 13.2 Å². The van der Waals surface area contributed by atoms with Gasteiger partial charge in [0, 0.05) is 33.3 Å². The summed E-state index contributed by atoms with van der Waals surface area (Å²) in [4.78, 5) is 17.1. The Labute approximate surface area is 183 Å². The predicted octanol–water partition coefficient (Wildman–Crippen LogP) is 3.41. The number of ether oxygens (including phenoxy) is 3. The maximum absolute atomic E-state index is 12.5. The lowest BCUT2D eigenvalue weighted by atomic mass is 9.95. The zero-order valence-electron chi connectivity index (χ0n) is 18.1. The number of likely N-dealkylation sites (tertiary alicyclic amines) is 2. The monoisotopic (exact) mass is 422 g/mol. The van der Waals surface area contributed by atoms with E-state index in [2.05, 4.69) is 34.1 Å². The molecule has 5 rings (SSSR count). The molecule has 2 aromatic carbocycles. The second-order valence-electron chi connectivity index (χ2n) is 8.87. The molecule has 3 aliphatic heterocycles. The number of para-hydroxylation sites is 2. The van der Waals surface area contributed by atoms with Crippen LogP contribution in [0.25, 0.3) is 0 Å². The van der Waals surface area contributed by atoms with E-state index in [-0.39, 0.29) is 24.2 Å². The van der Waals surface area contributed by atoms with Crippen molar-refractivity contribution in [1.29, 1.82) is 0 Å². The fraction of sp³-hybridized carbons (Fsp3) is 0.480. The number of carbonyl (C=O) groups excluding carboxylic acids is 1. The molecule has 3 heterocycles. The smallest absolute Gasteiger partial charge is 0.249 e. The van der Waals surface area contributed by atoms with Crippen molar-refractivity contribution in [3.05, 3.63) is 59.7 Å². The summed E-state index contributed by atoms with van der Waals surface area (Å²) in [5.41, 5.74) is 2.41. The van der Waals surface area contributed by atoms with Crippen molar-refractivity contribution < 1.29 is 19.0 Å². The molecule has 0 bridgehead atoms. The average Bonchev–Trinajstić information content (AvgIpc) is 3.40. The van der Waals surface area contributed by atoms with Crippen LogP contribution >= 0.6 is 0 Å². The number of fused-ring (bicyclic) bond motifs is 1. The Balaban J connectivity index is 1.21. The Morgan fingerprint density at radius 3 is 2.71 bits per heavy atom. The van der Waals surface area contributed by atoms with Crippen LogP contribution in [0.15, 0.2) is 48.5 Å². The number of rotatable bonds is 5. The number of nitrogens with zero attached hydrogens (tertiary/aromatic N) is 2. The van der Waals surface area contributed by atoms with Gasteiger partial charge in [0.25, 0.3) is 0 Å². The summed E-state index contributed by atoms with van der Waals surface area (Å²) >= 11 is 0. The summed E-state index contributed by atoms with van der Waals surface area (Å²) < 4.78 is 17.1. The molecule has 0 saturated carbocycles. The van der Waals surface area contributed by atoms with E-state index in [9.17, 15) is 4.79 Å². The van der Waals surface area contributed by atoms with Gasteiger partial charge in [-0.3, -0.25) is 9.69 Å². The first kappa shape index (κ1) is 20.3. The SMILES string of the molecule is COCC(=O)N1CCCC12CCN(Cc1ccc([C@H]3COc4ccccc4O3)cc1)C2. The highest BCUT2D eigenvalue weighted by atomic mass is 16.6. The molecule has 0 aliphatic carbocycles. The quantitative estimate of drug-likeness (QED) is 0.739. The fourth-order valence-corrected chi connectivity index (χ4v) is 5.31. The largest absolute Gasteiger partial charge is 0.485 e. The van der Waals surface area contributed by atoms with Crippen LogP contribution in [0.4, 0.5) is 0 Å². The van der Waals surface area contributed by atoms with E-state index in [4.69, 9.17) is 14.2 Å². The van der Waals surface area contributed by atoms with Crippen LogP contribution in [0.5, 0.6) is 11.5 Å². The van der Waals surface area contributed by atoms with Crippen molar-refractivity contribution in [3.63, 3.8) is 0 Å². The van der Waals surface area contributed by atoms with Crippen molar-refractivity contribution in [2.24, 2.45) is 0 Å². The van der Waals surface area contributed by atoms with Gasteiger partial charge in [0.2, 0.25) is 5.91 Å². The summed E-state index contributed by atoms with van der Waals surface area (Å²) in [5.74, 6) is 1.74. The minimum absolute atomic E-state index is 0.00375. The van der Waals surface area contributed by atoms with Crippen molar-refractivity contribution in [1.82, 2.24) is 9.80 Å². The van der Waals surface area contributed by atoms with Crippen LogP contribution in [0, 0.1) is 0 Å². The van der Waals surface area contributed by atoms with Crippen LogP contribution in [0.2, 0.25) is 0 Å². The van der Waals surface area contributed by atoms with Crippen LogP contribution < -0.4 is 9.47 Å². The summed E-state index contributed by atoms with van der Waals surface area (Å²) in [7, 11) is 1.59. The number of methoxy groups -OCH3 is 1. The number of carbonyl (C=O) groups is 1. The number of hydrogen-bond acceptors (Lipinski definition) is 5. The molecule has 2 aromatic rings. The highest BCUT2D eigenvalue weighted by Gasteiger charge is 2.47. The highest BCUT2D eigenvalue weighted by molar-refractivity contribution is 5.78. The van der Waals surface area contributed by atoms with Crippen LogP contribution in [-0.4, -0.2) is 61.2 Å². The third-order valence-electron chi connectivity index (χ3n) is 6.84. The summed E-state index contributed by atoms with van der Waals surface area (Å²) in [6.45, 7) is 4.43. The molecule has 1 unspecified atom stereocenters. The first-order valence-electron chi connectivity index (χ1n) is 11.2. The standard InChI is InChI=1S/C25H30N2O4/c1-29-17-24(28)27-13-4-11-25(27)12-14-26(18-25)15-19-7-9-20(10-8-19)23-16-30-21-5-2-3-6-22(21)31-23/h2-3,5-10,23H,4,11-18H2,1H3/t23-,25?/m1/s1. The number of amides is 1. The first-order chi connectivity index (χ1) is 15.2. The lowest BCUT2D eigenvalue weighted by molar-refractivity contribution is -0.139. The molecular formula is C25H30N2O4. The highest BCUT2D eigenvalue weighted by Crippen LogP contribution is 2.39. The van der Waals surface area contributed by atoms with Gasteiger partial charge in [-0.15, -0.1) is 0 Å². The van der Waals surface area contributed by atoms with Crippen LogP contribution in [0.3, 0.4) is 0 Å². The summed E-state index contributed by atoms with van der Waals surface area (Å²) in [6, 6.07) is 16.5. The maximum Gasteiger partial charge on any atom is 0.249 e. The minimum Gasteiger partial charge on any atom is -0.485 e. The van der Waals surface area contributed by atoms with E-state index in [0.29, 0.717) is 6.61 Å². The number of hydrogen-bond donors (Lipinski definition) is 0. The van der Waals surface area contributed by atoms with Gasteiger partial charge in [0.15, 0.2) is 17.6 Å². The lowest BCUT2D eigenvalue weighted by Gasteiger charge is -2.35. The average molecular weight is 423 g/mol. The lowest BCUT2D eigenvalue weighted by Crippen LogP contribution is -2.50. The molecule has 31 heavy (non-hydrogen) atoms. The molecule has 2 atom stereocenters. The third-order valence-corrected chi connectivity index (χ3v) is 6.84. The second-order valence-corrected chi connectivity index (χ2v) is 8.87. The molecule has 6 nitrogen and oxygen atoms in total. The molecule has 0 N–H and O–H groups in total. The van der Waals surface area contributed by atoms with Gasteiger partial charge >= 0.3 is 0 Å². The van der Waals surface area contributed by atoms with E-state index in [1.165, 1.54) is 5.56 Å². The number of benzene rings is 2. The molecule has 2 fully saturated rings. The van der Waals surface area contributed by atoms with Gasteiger partial charge in [-0.1, -0.05) is 36.4 Å². The maximum atomic E-state index is 12.5. The zero-order chi connectivity index (χ0) is 21.3. The first-order valence-corrected chi connectivity index (χ1v) is 11.2. The van der Waals surface area contributed by atoms with Crippen molar-refractivity contribution in [2.45, 2.75) is 37.5 Å². The van der Waals surface area contributed by atoms with Gasteiger partial charge in [-0.05, 0) is 42.5 Å². The van der Waals surface area contributed by atoms with Gasteiger partial charge in [0.05, 0.1) is 5.54 Å². The van der Waals surface area contributed by atoms with Gasteiger partial charge in [-0.2, -0.15) is 0 Å². The van der Waals surface area contributed by atoms with E-state index in [0.717, 1.165) is 62.5 Å². The van der Waals surface area contributed by atoms with E-state index >= 15 is 0 Å². The van der Waals surface area contributed by atoms with E-state index in [1.807, 2.05) is 24.3 Å². The molecule has 1 amide bonds. The summed E-state index contributed by atoms with van der Waals surface area (Å²) in [5, 5.41) is 0. The van der Waals surface area contributed by atoms with E-state index in [1.54, 1.807) is 7.11 Å². The van der Waals surface area contributed by atoms with Crippen LogP contribution in [0.1, 0.15) is 36.5 Å². The molecule has 1 spiro atoms. The molecular weight excluding hydrogens is 392 g/mol. The normalized spacial score (nSPS) is 25.3. The Morgan fingerprint density at radius 2 is 1.90 bits per heavy atom. The third kappa shape index (κ3) is 4.02. The molecule has 0 aromatic heterocycles.